The molecule has 4 nitrogen and oxygen atoms in total. The summed E-state index contributed by atoms with van der Waals surface area (Å²) in [4.78, 5) is 0.316. The molecule has 3 N–H and O–H groups in total. The SMILES string of the molecule is Cc1nn(C)c(Nc2ccc(Br)c(Cl)c2)c1C(N)=S. The largest absolute Gasteiger partial charge is 0.389 e. The van der Waals surface area contributed by atoms with Crippen molar-refractivity contribution in [3.63, 3.8) is 0 Å². The molecule has 1 aromatic heterocycles. The molecule has 0 atom stereocenters. The maximum absolute atomic E-state index is 6.07. The predicted octanol–water partition coefficient (Wildman–Crippen LogP) is 3.52. The molecule has 100 valence electrons. The molecule has 0 radical (unpaired) electrons. The zero-order valence-electron chi connectivity index (χ0n) is 10.4. The number of rotatable bonds is 3. The summed E-state index contributed by atoms with van der Waals surface area (Å²) in [5.41, 5.74) is 8.12. The van der Waals surface area contributed by atoms with Crippen molar-refractivity contribution in [2.75, 3.05) is 5.32 Å². The Hall–Kier alpha value is -1.11. The Bertz CT molecular complexity index is 653. The number of thiocarbonyl (C=S) groups is 1. The van der Waals surface area contributed by atoms with Gasteiger partial charge >= 0.3 is 0 Å². The van der Waals surface area contributed by atoms with E-state index in [2.05, 4.69) is 26.3 Å². The van der Waals surface area contributed by atoms with Crippen LogP contribution in [0, 0.1) is 6.92 Å². The second kappa shape index (κ2) is 5.48. The highest BCUT2D eigenvalue weighted by molar-refractivity contribution is 9.10. The highest BCUT2D eigenvalue weighted by Crippen LogP contribution is 2.29. The van der Waals surface area contributed by atoms with Gasteiger partial charge in [0.25, 0.3) is 0 Å². The van der Waals surface area contributed by atoms with Crippen LogP contribution in [0.4, 0.5) is 11.5 Å². The van der Waals surface area contributed by atoms with Gasteiger partial charge in [-0.15, -0.1) is 0 Å². The lowest BCUT2D eigenvalue weighted by atomic mass is 10.2. The fraction of sp³-hybridized carbons (Fsp3) is 0.167. The van der Waals surface area contributed by atoms with Gasteiger partial charge in [-0.25, -0.2) is 0 Å². The minimum Gasteiger partial charge on any atom is -0.389 e. The first-order valence-corrected chi connectivity index (χ1v) is 7.03. The fourth-order valence-corrected chi connectivity index (χ4v) is 2.48. The minimum absolute atomic E-state index is 0.316. The predicted molar refractivity (Wildman–Crippen MR) is 86.3 cm³/mol. The molecule has 0 aliphatic heterocycles. The second-order valence-corrected chi connectivity index (χ2v) is 5.75. The number of nitrogens with two attached hydrogens (primary N) is 1. The van der Waals surface area contributed by atoms with Gasteiger partial charge in [-0.3, -0.25) is 4.68 Å². The summed E-state index contributed by atoms with van der Waals surface area (Å²) >= 11 is 14.5. The summed E-state index contributed by atoms with van der Waals surface area (Å²) in [6, 6.07) is 5.59. The Morgan fingerprint density at radius 3 is 2.79 bits per heavy atom. The van der Waals surface area contributed by atoms with Gasteiger partial charge in [0.15, 0.2) is 0 Å². The minimum atomic E-state index is 0.316. The highest BCUT2D eigenvalue weighted by Gasteiger charge is 2.15. The Balaban J connectivity index is 2.43. The average molecular weight is 360 g/mol. The van der Waals surface area contributed by atoms with E-state index in [4.69, 9.17) is 29.6 Å². The molecular weight excluding hydrogens is 348 g/mol. The number of hydrogen-bond acceptors (Lipinski definition) is 3. The molecule has 0 aliphatic carbocycles. The molecule has 0 spiro atoms. The highest BCUT2D eigenvalue weighted by atomic mass is 79.9. The monoisotopic (exact) mass is 358 g/mol. The molecule has 2 aromatic rings. The van der Waals surface area contributed by atoms with E-state index in [1.807, 2.05) is 32.2 Å². The third-order valence-electron chi connectivity index (χ3n) is 2.65. The molecule has 0 unspecified atom stereocenters. The summed E-state index contributed by atoms with van der Waals surface area (Å²) in [5, 5.41) is 8.18. The van der Waals surface area contributed by atoms with Gasteiger partial charge in [0.1, 0.15) is 10.8 Å². The van der Waals surface area contributed by atoms with Gasteiger partial charge in [-0.2, -0.15) is 5.10 Å². The third kappa shape index (κ3) is 2.91. The molecule has 1 heterocycles. The molecule has 0 saturated heterocycles. The molecule has 0 saturated carbocycles. The molecule has 0 amide bonds. The smallest absolute Gasteiger partial charge is 0.138 e. The van der Waals surface area contributed by atoms with Crippen LogP contribution in [0.25, 0.3) is 0 Å². The van der Waals surface area contributed by atoms with Crippen molar-refractivity contribution in [1.29, 1.82) is 0 Å². The number of anilines is 2. The molecule has 1 aromatic carbocycles. The summed E-state index contributed by atoms with van der Waals surface area (Å²) < 4.78 is 2.55. The molecule has 0 aliphatic rings. The summed E-state index contributed by atoms with van der Waals surface area (Å²) in [5.74, 6) is 0.753. The zero-order valence-corrected chi connectivity index (χ0v) is 13.5. The summed E-state index contributed by atoms with van der Waals surface area (Å²) in [6.07, 6.45) is 0. The van der Waals surface area contributed by atoms with Crippen LogP contribution in [0.3, 0.4) is 0 Å². The zero-order chi connectivity index (χ0) is 14.2. The molecule has 2 rings (SSSR count). The number of halogens is 2. The maximum Gasteiger partial charge on any atom is 0.138 e. The van der Waals surface area contributed by atoms with Crippen LogP contribution in [-0.2, 0) is 7.05 Å². The first-order chi connectivity index (χ1) is 8.90. The standard InChI is InChI=1S/C12H12BrClN4S/c1-6-10(11(15)19)12(18(2)17-6)16-7-3-4-8(13)9(14)5-7/h3-5,16H,1-2H3,(H2,15,19). The van der Waals surface area contributed by atoms with Crippen LogP contribution < -0.4 is 11.1 Å². The summed E-state index contributed by atoms with van der Waals surface area (Å²) in [6.45, 7) is 1.87. The Kier molecular flexibility index (Phi) is 4.13. The van der Waals surface area contributed by atoms with Gasteiger partial charge in [-0.05, 0) is 41.1 Å². The number of benzene rings is 1. The molecule has 0 bridgehead atoms. The normalized spacial score (nSPS) is 10.5. The van der Waals surface area contributed by atoms with Gasteiger partial charge in [-0.1, -0.05) is 23.8 Å². The van der Waals surface area contributed by atoms with E-state index in [9.17, 15) is 0 Å². The van der Waals surface area contributed by atoms with Crippen molar-refractivity contribution >= 4 is 56.2 Å². The van der Waals surface area contributed by atoms with Crippen molar-refractivity contribution in [1.82, 2.24) is 9.78 Å². The van der Waals surface area contributed by atoms with E-state index in [-0.39, 0.29) is 0 Å². The van der Waals surface area contributed by atoms with Gasteiger partial charge in [0.05, 0.1) is 16.3 Å². The van der Waals surface area contributed by atoms with E-state index in [1.165, 1.54) is 0 Å². The van der Waals surface area contributed by atoms with E-state index in [0.717, 1.165) is 27.2 Å². The van der Waals surface area contributed by atoms with Crippen molar-refractivity contribution in [2.24, 2.45) is 12.8 Å². The van der Waals surface area contributed by atoms with Gasteiger partial charge in [0, 0.05) is 17.2 Å². The first kappa shape index (κ1) is 14.3. The number of aromatic nitrogens is 2. The second-order valence-electron chi connectivity index (χ2n) is 4.05. The molecular formula is C12H12BrClN4S. The van der Waals surface area contributed by atoms with Gasteiger partial charge in [0.2, 0.25) is 0 Å². The molecule has 19 heavy (non-hydrogen) atoms. The maximum atomic E-state index is 6.07. The third-order valence-corrected chi connectivity index (χ3v) is 4.09. The van der Waals surface area contributed by atoms with Crippen molar-refractivity contribution in [3.8, 4) is 0 Å². The van der Waals surface area contributed by atoms with E-state index in [0.29, 0.717) is 10.0 Å². The quantitative estimate of drug-likeness (QED) is 0.823. The van der Waals surface area contributed by atoms with Crippen LogP contribution in [-0.4, -0.2) is 14.8 Å². The van der Waals surface area contributed by atoms with Crippen LogP contribution in [0.2, 0.25) is 5.02 Å². The van der Waals surface area contributed by atoms with Crippen LogP contribution in [0.15, 0.2) is 22.7 Å². The van der Waals surface area contributed by atoms with E-state index in [1.54, 1.807) is 4.68 Å². The Morgan fingerprint density at radius 2 is 2.21 bits per heavy atom. The fourth-order valence-electron chi connectivity index (χ4n) is 1.81. The number of nitrogens with zero attached hydrogens (tertiary/aromatic N) is 2. The van der Waals surface area contributed by atoms with E-state index >= 15 is 0 Å². The molecule has 0 fully saturated rings. The Morgan fingerprint density at radius 1 is 1.53 bits per heavy atom. The van der Waals surface area contributed by atoms with Crippen LogP contribution in [0.5, 0.6) is 0 Å². The lowest BCUT2D eigenvalue weighted by molar-refractivity contribution is 0.765. The van der Waals surface area contributed by atoms with Crippen molar-refractivity contribution in [3.05, 3.63) is 39.0 Å². The lowest BCUT2D eigenvalue weighted by Gasteiger charge is -2.10. The average Bonchev–Trinajstić information content (AvgIpc) is 2.59. The van der Waals surface area contributed by atoms with E-state index < -0.39 is 0 Å². The number of hydrogen-bond donors (Lipinski definition) is 2. The first-order valence-electron chi connectivity index (χ1n) is 5.45. The Labute approximate surface area is 130 Å². The molecule has 7 heteroatoms. The van der Waals surface area contributed by atoms with Crippen molar-refractivity contribution in [2.45, 2.75) is 6.92 Å². The van der Waals surface area contributed by atoms with Crippen molar-refractivity contribution < 1.29 is 0 Å². The van der Waals surface area contributed by atoms with Gasteiger partial charge < -0.3 is 11.1 Å². The lowest BCUT2D eigenvalue weighted by Crippen LogP contribution is -2.12. The topological polar surface area (TPSA) is 55.9 Å². The number of nitrogens with one attached hydrogen (secondary N) is 1. The number of aryl methyl sites for hydroxylation is 2. The summed E-state index contributed by atoms with van der Waals surface area (Å²) in [7, 11) is 1.83. The van der Waals surface area contributed by atoms with Crippen LogP contribution >= 0.6 is 39.7 Å². The van der Waals surface area contributed by atoms with Crippen LogP contribution in [0.1, 0.15) is 11.3 Å².